The first-order valence-electron chi connectivity index (χ1n) is 6.74. The molecule has 0 N–H and O–H groups in total. The van der Waals surface area contributed by atoms with Crippen LogP contribution in [0.2, 0.25) is 0 Å². The van der Waals surface area contributed by atoms with Crippen molar-refractivity contribution < 1.29 is 4.79 Å². The second-order valence-electron chi connectivity index (χ2n) is 4.74. The van der Waals surface area contributed by atoms with Crippen molar-refractivity contribution in [1.82, 2.24) is 9.97 Å². The number of aryl methyl sites for hydroxylation is 1. The molecule has 2 aromatic rings. The normalized spacial score (nSPS) is 10.3. The summed E-state index contributed by atoms with van der Waals surface area (Å²) in [5, 5.41) is 0. The lowest BCUT2D eigenvalue weighted by atomic mass is 10.2. The van der Waals surface area contributed by atoms with Gasteiger partial charge in [0.05, 0.1) is 24.1 Å². The van der Waals surface area contributed by atoms with Gasteiger partial charge in [-0.1, -0.05) is 6.07 Å². The van der Waals surface area contributed by atoms with Gasteiger partial charge in [-0.2, -0.15) is 0 Å². The molecule has 0 aromatic carbocycles. The van der Waals surface area contributed by atoms with Gasteiger partial charge in [-0.3, -0.25) is 14.8 Å². The zero-order chi connectivity index (χ0) is 14.5. The van der Waals surface area contributed by atoms with Crippen molar-refractivity contribution >= 4 is 11.5 Å². The summed E-state index contributed by atoms with van der Waals surface area (Å²) in [5.41, 5.74) is 3.55. The maximum atomic E-state index is 11.2. The fourth-order valence-electron chi connectivity index (χ4n) is 2.05. The Balaban J connectivity index is 2.17. The fourth-order valence-corrected chi connectivity index (χ4v) is 2.05. The van der Waals surface area contributed by atoms with Crippen molar-refractivity contribution in [2.45, 2.75) is 27.3 Å². The molecule has 104 valence electrons. The van der Waals surface area contributed by atoms with Gasteiger partial charge < -0.3 is 4.90 Å². The second kappa shape index (κ2) is 6.28. The van der Waals surface area contributed by atoms with E-state index in [1.165, 1.54) is 6.92 Å². The van der Waals surface area contributed by atoms with Crippen LogP contribution in [0.5, 0.6) is 0 Å². The Kier molecular flexibility index (Phi) is 4.45. The Morgan fingerprint density at radius 3 is 2.60 bits per heavy atom. The predicted octanol–water partition coefficient (Wildman–Crippen LogP) is 3.01. The molecule has 2 heterocycles. The highest BCUT2D eigenvalue weighted by atomic mass is 16.1. The molecule has 4 nitrogen and oxygen atoms in total. The molecule has 2 rings (SSSR count). The third-order valence-corrected chi connectivity index (χ3v) is 3.15. The minimum atomic E-state index is -0.0139. The molecule has 0 saturated carbocycles. The van der Waals surface area contributed by atoms with E-state index < -0.39 is 0 Å². The Hall–Kier alpha value is -2.23. The van der Waals surface area contributed by atoms with Crippen molar-refractivity contribution in [2.24, 2.45) is 0 Å². The third kappa shape index (κ3) is 3.41. The number of ketones is 1. The molecule has 0 radical (unpaired) electrons. The number of Topliss-reactive ketones (excluding diaryl/α,β-unsaturated/α-hetero) is 1. The highest BCUT2D eigenvalue weighted by molar-refractivity contribution is 5.92. The Morgan fingerprint density at radius 2 is 2.05 bits per heavy atom. The van der Waals surface area contributed by atoms with Crippen LogP contribution in [0.1, 0.15) is 35.7 Å². The van der Waals surface area contributed by atoms with Crippen LogP contribution in [0, 0.1) is 6.92 Å². The molecule has 0 saturated heterocycles. The lowest BCUT2D eigenvalue weighted by molar-refractivity contribution is 0.101. The highest BCUT2D eigenvalue weighted by Gasteiger charge is 2.08. The maximum Gasteiger partial charge on any atom is 0.178 e. The summed E-state index contributed by atoms with van der Waals surface area (Å²) in [5.74, 6) is -0.0139. The molecule has 0 spiro atoms. The van der Waals surface area contributed by atoms with Crippen LogP contribution < -0.4 is 4.90 Å². The van der Waals surface area contributed by atoms with E-state index in [0.717, 1.165) is 30.2 Å². The topological polar surface area (TPSA) is 46.1 Å². The van der Waals surface area contributed by atoms with E-state index in [4.69, 9.17) is 0 Å². The molecule has 2 aromatic heterocycles. The minimum Gasteiger partial charge on any atom is -0.365 e. The number of anilines is 1. The van der Waals surface area contributed by atoms with E-state index in [2.05, 4.69) is 21.8 Å². The average molecular weight is 269 g/mol. The summed E-state index contributed by atoms with van der Waals surface area (Å²) in [6.45, 7) is 7.20. The van der Waals surface area contributed by atoms with Crippen LogP contribution in [0.3, 0.4) is 0 Å². The molecule has 0 atom stereocenters. The SMILES string of the molecule is CCN(Cc1cccc(C)n1)c1ccc(C(C)=O)nc1. The zero-order valence-electron chi connectivity index (χ0n) is 12.1. The van der Waals surface area contributed by atoms with Crippen LogP contribution >= 0.6 is 0 Å². The summed E-state index contributed by atoms with van der Waals surface area (Å²) < 4.78 is 0. The molecule has 4 heteroatoms. The first kappa shape index (κ1) is 14.2. The Labute approximate surface area is 119 Å². The predicted molar refractivity (Wildman–Crippen MR) is 79.9 cm³/mol. The largest absolute Gasteiger partial charge is 0.365 e. The number of hydrogen-bond donors (Lipinski definition) is 0. The molecular formula is C16H19N3O. The number of rotatable bonds is 5. The second-order valence-corrected chi connectivity index (χ2v) is 4.74. The van der Waals surface area contributed by atoms with E-state index in [1.54, 1.807) is 12.3 Å². The van der Waals surface area contributed by atoms with Crippen molar-refractivity contribution in [1.29, 1.82) is 0 Å². The van der Waals surface area contributed by atoms with Gasteiger partial charge in [0.1, 0.15) is 5.69 Å². The number of nitrogens with zero attached hydrogens (tertiary/aromatic N) is 3. The third-order valence-electron chi connectivity index (χ3n) is 3.15. The van der Waals surface area contributed by atoms with Crippen molar-refractivity contribution in [3.63, 3.8) is 0 Å². The van der Waals surface area contributed by atoms with Crippen LogP contribution in [-0.2, 0) is 6.54 Å². The molecular weight excluding hydrogens is 250 g/mol. The van der Waals surface area contributed by atoms with Crippen LogP contribution in [0.4, 0.5) is 5.69 Å². The van der Waals surface area contributed by atoms with Gasteiger partial charge in [0.15, 0.2) is 5.78 Å². The molecule has 0 fully saturated rings. The molecule has 0 aliphatic heterocycles. The van der Waals surface area contributed by atoms with E-state index in [0.29, 0.717) is 5.69 Å². The number of carbonyl (C=O) groups is 1. The van der Waals surface area contributed by atoms with E-state index in [1.807, 2.05) is 31.2 Å². The van der Waals surface area contributed by atoms with E-state index in [9.17, 15) is 4.79 Å². The lowest BCUT2D eigenvalue weighted by Crippen LogP contribution is -2.23. The van der Waals surface area contributed by atoms with Gasteiger partial charge in [-0.25, -0.2) is 0 Å². The zero-order valence-corrected chi connectivity index (χ0v) is 12.1. The summed E-state index contributed by atoms with van der Waals surface area (Å²) in [4.78, 5) is 22.1. The summed E-state index contributed by atoms with van der Waals surface area (Å²) in [6, 6.07) is 9.73. The van der Waals surface area contributed by atoms with Gasteiger partial charge in [0.25, 0.3) is 0 Å². The molecule has 0 aliphatic carbocycles. The van der Waals surface area contributed by atoms with Gasteiger partial charge in [-0.05, 0) is 38.1 Å². The van der Waals surface area contributed by atoms with Crippen molar-refractivity contribution in [3.8, 4) is 0 Å². The molecule has 20 heavy (non-hydrogen) atoms. The van der Waals surface area contributed by atoms with Gasteiger partial charge in [-0.15, -0.1) is 0 Å². The summed E-state index contributed by atoms with van der Waals surface area (Å²) in [6.07, 6.45) is 1.75. The Morgan fingerprint density at radius 1 is 1.25 bits per heavy atom. The Bertz CT molecular complexity index is 593. The summed E-state index contributed by atoms with van der Waals surface area (Å²) in [7, 11) is 0. The molecule has 0 amide bonds. The fraction of sp³-hybridized carbons (Fsp3) is 0.312. The number of hydrogen-bond acceptors (Lipinski definition) is 4. The van der Waals surface area contributed by atoms with Crippen LogP contribution in [0.15, 0.2) is 36.5 Å². The molecule has 0 unspecified atom stereocenters. The first-order valence-corrected chi connectivity index (χ1v) is 6.74. The van der Waals surface area contributed by atoms with Crippen molar-refractivity contribution in [3.05, 3.63) is 53.6 Å². The number of carbonyl (C=O) groups excluding carboxylic acids is 1. The first-order chi connectivity index (χ1) is 9.60. The van der Waals surface area contributed by atoms with Crippen LogP contribution in [0.25, 0.3) is 0 Å². The maximum absolute atomic E-state index is 11.2. The lowest BCUT2D eigenvalue weighted by Gasteiger charge is -2.22. The monoisotopic (exact) mass is 269 g/mol. The summed E-state index contributed by atoms with van der Waals surface area (Å²) >= 11 is 0. The standard InChI is InChI=1S/C16H19N3O/c1-4-19(11-14-7-5-6-12(2)18-14)15-8-9-16(13(3)20)17-10-15/h5-10H,4,11H2,1-3H3. The van der Waals surface area contributed by atoms with Crippen molar-refractivity contribution in [2.75, 3.05) is 11.4 Å². The van der Waals surface area contributed by atoms with E-state index >= 15 is 0 Å². The molecule has 0 aliphatic rings. The van der Waals surface area contributed by atoms with Gasteiger partial charge >= 0.3 is 0 Å². The highest BCUT2D eigenvalue weighted by Crippen LogP contribution is 2.16. The average Bonchev–Trinajstić information content (AvgIpc) is 2.45. The number of aromatic nitrogens is 2. The minimum absolute atomic E-state index is 0.0139. The smallest absolute Gasteiger partial charge is 0.178 e. The quantitative estimate of drug-likeness (QED) is 0.783. The van der Waals surface area contributed by atoms with Crippen LogP contribution in [-0.4, -0.2) is 22.3 Å². The molecule has 0 bridgehead atoms. The van der Waals surface area contributed by atoms with E-state index in [-0.39, 0.29) is 5.78 Å². The van der Waals surface area contributed by atoms with Gasteiger partial charge in [0.2, 0.25) is 0 Å². The number of pyridine rings is 2. The van der Waals surface area contributed by atoms with Gasteiger partial charge in [0, 0.05) is 19.2 Å².